The zero-order valence-corrected chi connectivity index (χ0v) is 22.0. The SMILES string of the molecule is C=C(F)/C=C\C(=C\Cl)N1CCN(C2=CC=CC(c3sc(C(C)(C)C)nc3-c3ccnc(N)n3)C2)C1=O. The minimum Gasteiger partial charge on any atom is -0.368 e. The molecule has 7 nitrogen and oxygen atoms in total. The lowest BCUT2D eigenvalue weighted by Gasteiger charge is -2.26. The van der Waals surface area contributed by atoms with Gasteiger partial charge in [0.2, 0.25) is 5.95 Å². The summed E-state index contributed by atoms with van der Waals surface area (Å²) in [5.74, 6) is -0.415. The summed E-state index contributed by atoms with van der Waals surface area (Å²) in [5, 5.41) is 0.996. The Morgan fingerprint density at radius 1 is 1.31 bits per heavy atom. The molecular weight excluding hydrogens is 499 g/mol. The second kappa shape index (κ2) is 10.4. The van der Waals surface area contributed by atoms with E-state index in [4.69, 9.17) is 22.3 Å². The summed E-state index contributed by atoms with van der Waals surface area (Å²) in [5.41, 5.74) is 9.75. The molecule has 2 amide bonds. The van der Waals surface area contributed by atoms with Crippen molar-refractivity contribution in [2.24, 2.45) is 0 Å². The third-order valence-electron chi connectivity index (χ3n) is 5.82. The van der Waals surface area contributed by atoms with Gasteiger partial charge >= 0.3 is 6.03 Å². The van der Waals surface area contributed by atoms with E-state index < -0.39 is 5.83 Å². The van der Waals surface area contributed by atoms with Gasteiger partial charge in [0.15, 0.2) is 0 Å². The Labute approximate surface area is 219 Å². The highest BCUT2D eigenvalue weighted by atomic mass is 35.5. The van der Waals surface area contributed by atoms with Gasteiger partial charge in [-0.05, 0) is 30.7 Å². The van der Waals surface area contributed by atoms with E-state index in [1.54, 1.807) is 22.4 Å². The van der Waals surface area contributed by atoms with Crippen LogP contribution in [-0.2, 0) is 5.41 Å². The molecule has 4 rings (SSSR count). The van der Waals surface area contributed by atoms with Crippen LogP contribution in [0.3, 0.4) is 0 Å². The van der Waals surface area contributed by atoms with Crippen molar-refractivity contribution in [3.63, 3.8) is 0 Å². The summed E-state index contributed by atoms with van der Waals surface area (Å²) < 4.78 is 13.1. The largest absolute Gasteiger partial charge is 0.368 e. The van der Waals surface area contributed by atoms with Crippen LogP contribution in [0.5, 0.6) is 0 Å². The molecule has 2 aromatic heterocycles. The van der Waals surface area contributed by atoms with Crippen molar-refractivity contribution in [1.29, 1.82) is 0 Å². The summed E-state index contributed by atoms with van der Waals surface area (Å²) in [6.07, 6.45) is 10.9. The molecule has 1 atom stereocenters. The first kappa shape index (κ1) is 25.8. The maximum Gasteiger partial charge on any atom is 0.328 e. The van der Waals surface area contributed by atoms with Gasteiger partial charge in [0.05, 0.1) is 16.4 Å². The van der Waals surface area contributed by atoms with Gasteiger partial charge in [0.1, 0.15) is 11.5 Å². The van der Waals surface area contributed by atoms with E-state index in [-0.39, 0.29) is 23.3 Å². The lowest BCUT2D eigenvalue weighted by molar-refractivity contribution is 0.208. The van der Waals surface area contributed by atoms with E-state index in [1.165, 1.54) is 22.6 Å². The van der Waals surface area contributed by atoms with E-state index in [9.17, 15) is 9.18 Å². The normalized spacial score (nSPS) is 18.9. The Morgan fingerprint density at radius 2 is 2.08 bits per heavy atom. The van der Waals surface area contributed by atoms with Crippen LogP contribution in [0.2, 0.25) is 0 Å². The summed E-state index contributed by atoms with van der Waals surface area (Å²) in [6.45, 7) is 10.5. The standard InChI is InChI=1S/C26H28ClFN6OS/c1-16(28)8-9-19(15-27)34-13-12-33(25(34)35)18-7-5-6-17(14-18)22-21(20-10-11-30-24(29)31-20)32-23(36-22)26(2,3)4/h5-11,15,17H,1,12-14H2,2-4H3,(H2,29,30,31)/b9-8-,19-15-. The number of hydrogen-bond donors (Lipinski definition) is 1. The fraction of sp³-hybridized carbons (Fsp3) is 0.308. The van der Waals surface area contributed by atoms with E-state index in [2.05, 4.69) is 43.4 Å². The zero-order chi connectivity index (χ0) is 26.0. The number of nitrogens with zero attached hydrogens (tertiary/aromatic N) is 5. The smallest absolute Gasteiger partial charge is 0.328 e. The molecule has 0 spiro atoms. The van der Waals surface area contributed by atoms with Crippen molar-refractivity contribution < 1.29 is 9.18 Å². The van der Waals surface area contributed by atoms with Gasteiger partial charge in [-0.25, -0.2) is 24.1 Å². The maximum absolute atomic E-state index is 13.3. The lowest BCUT2D eigenvalue weighted by Crippen LogP contribution is -2.31. The number of urea groups is 1. The predicted octanol–water partition coefficient (Wildman–Crippen LogP) is 6.26. The average molecular weight is 527 g/mol. The minimum absolute atomic E-state index is 0.00411. The van der Waals surface area contributed by atoms with Gasteiger partial charge in [-0.15, -0.1) is 11.3 Å². The molecule has 188 valence electrons. The zero-order valence-electron chi connectivity index (χ0n) is 20.4. The molecule has 0 aromatic carbocycles. The van der Waals surface area contributed by atoms with Crippen LogP contribution < -0.4 is 5.73 Å². The second-order valence-electron chi connectivity index (χ2n) is 9.54. The number of hydrogen-bond acceptors (Lipinski definition) is 6. The predicted molar refractivity (Wildman–Crippen MR) is 143 cm³/mol. The number of halogens is 2. The van der Waals surface area contributed by atoms with Crippen molar-refractivity contribution in [3.05, 3.63) is 81.9 Å². The third-order valence-corrected chi connectivity index (χ3v) is 7.66. The molecule has 2 aliphatic rings. The van der Waals surface area contributed by atoms with Crippen LogP contribution in [0.25, 0.3) is 11.4 Å². The fourth-order valence-electron chi connectivity index (χ4n) is 4.04. The molecular formula is C26H28ClFN6OS. The highest BCUT2D eigenvalue weighted by Gasteiger charge is 2.35. The Balaban J connectivity index is 1.61. The van der Waals surface area contributed by atoms with Crippen LogP contribution in [-0.4, -0.2) is 43.9 Å². The number of rotatable bonds is 6. The molecule has 0 saturated carbocycles. The van der Waals surface area contributed by atoms with Crippen molar-refractivity contribution in [3.8, 4) is 11.4 Å². The lowest BCUT2D eigenvalue weighted by atomic mass is 9.94. The number of thiazole rings is 1. The molecule has 1 saturated heterocycles. The van der Waals surface area contributed by atoms with Crippen molar-refractivity contribution in [1.82, 2.24) is 24.8 Å². The first-order valence-corrected chi connectivity index (χ1v) is 12.7. The maximum atomic E-state index is 13.3. The van der Waals surface area contributed by atoms with Gasteiger partial charge in [-0.3, -0.25) is 9.80 Å². The number of aromatic nitrogens is 3. The Bertz CT molecular complexity index is 1310. The fourth-order valence-corrected chi connectivity index (χ4v) is 5.44. The molecule has 1 fully saturated rings. The molecule has 0 bridgehead atoms. The van der Waals surface area contributed by atoms with E-state index >= 15 is 0 Å². The molecule has 36 heavy (non-hydrogen) atoms. The average Bonchev–Trinajstić information content (AvgIpc) is 3.44. The molecule has 1 aliphatic carbocycles. The van der Waals surface area contributed by atoms with E-state index in [0.717, 1.165) is 21.3 Å². The van der Waals surface area contributed by atoms with Gasteiger partial charge < -0.3 is 5.73 Å². The number of allylic oxidation sites excluding steroid dienone is 7. The monoisotopic (exact) mass is 526 g/mol. The molecule has 2 N–H and O–H groups in total. The number of carbonyl (C=O) groups is 1. The van der Waals surface area contributed by atoms with Crippen LogP contribution in [0.4, 0.5) is 15.1 Å². The number of nitrogens with two attached hydrogens (primary N) is 1. The highest BCUT2D eigenvalue weighted by molar-refractivity contribution is 7.12. The molecule has 10 heteroatoms. The van der Waals surface area contributed by atoms with Crippen molar-refractivity contribution in [2.45, 2.75) is 38.5 Å². The van der Waals surface area contributed by atoms with E-state index in [1.807, 2.05) is 18.2 Å². The van der Waals surface area contributed by atoms with Crippen LogP contribution in [0, 0.1) is 0 Å². The number of anilines is 1. The Kier molecular flexibility index (Phi) is 7.42. The topological polar surface area (TPSA) is 88.2 Å². The first-order valence-electron chi connectivity index (χ1n) is 11.5. The van der Waals surface area contributed by atoms with Crippen molar-refractivity contribution in [2.75, 3.05) is 18.8 Å². The highest BCUT2D eigenvalue weighted by Crippen LogP contribution is 2.42. The summed E-state index contributed by atoms with van der Waals surface area (Å²) in [4.78, 5) is 31.0. The molecule has 1 unspecified atom stereocenters. The first-order chi connectivity index (χ1) is 17.1. The van der Waals surface area contributed by atoms with Crippen molar-refractivity contribution >= 4 is 34.9 Å². The van der Waals surface area contributed by atoms with Crippen LogP contribution in [0.1, 0.15) is 43.0 Å². The van der Waals surface area contributed by atoms with Gasteiger partial charge in [-0.1, -0.05) is 51.1 Å². The van der Waals surface area contributed by atoms with Gasteiger partial charge in [-0.2, -0.15) is 0 Å². The van der Waals surface area contributed by atoms with Crippen LogP contribution >= 0.6 is 22.9 Å². The van der Waals surface area contributed by atoms with Gasteiger partial charge in [0.25, 0.3) is 0 Å². The second-order valence-corrected chi connectivity index (χ2v) is 10.8. The Hall–Kier alpha value is -3.30. The van der Waals surface area contributed by atoms with Gasteiger partial charge in [0, 0.05) is 46.7 Å². The number of nitrogen functional groups attached to an aromatic ring is 1. The molecule has 2 aromatic rings. The third kappa shape index (κ3) is 5.42. The molecule has 3 heterocycles. The number of carbonyl (C=O) groups excluding carboxylic acids is 1. The van der Waals surface area contributed by atoms with Crippen LogP contribution in [0.15, 0.2) is 72.0 Å². The number of amides is 2. The molecule has 0 radical (unpaired) electrons. The molecule has 1 aliphatic heterocycles. The minimum atomic E-state index is -0.613. The van der Waals surface area contributed by atoms with E-state index in [0.29, 0.717) is 30.9 Å². The Morgan fingerprint density at radius 3 is 2.75 bits per heavy atom. The summed E-state index contributed by atoms with van der Waals surface area (Å²) >= 11 is 7.58. The quantitative estimate of drug-likeness (QED) is 0.448. The summed E-state index contributed by atoms with van der Waals surface area (Å²) in [7, 11) is 0. The summed E-state index contributed by atoms with van der Waals surface area (Å²) in [6, 6.07) is 1.60.